The number of benzene rings is 3. The van der Waals surface area contributed by atoms with Crippen LogP contribution in [-0.2, 0) is 16.1 Å². The van der Waals surface area contributed by atoms with Crippen molar-refractivity contribution in [1.82, 2.24) is 25.4 Å². The van der Waals surface area contributed by atoms with Gasteiger partial charge in [0.05, 0.1) is 16.8 Å². The molecule has 14 nitrogen and oxygen atoms in total. The number of nitriles is 1. The molecule has 1 aliphatic carbocycles. The summed E-state index contributed by atoms with van der Waals surface area (Å²) < 4.78 is 38.7. The van der Waals surface area contributed by atoms with Gasteiger partial charge in [-0.2, -0.15) is 5.26 Å². The van der Waals surface area contributed by atoms with E-state index in [4.69, 9.17) is 4.74 Å². The number of piperidine rings is 2. The molecule has 1 unspecified atom stereocenters. The van der Waals surface area contributed by atoms with Gasteiger partial charge in [-0.3, -0.25) is 34.2 Å². The molecule has 1 atom stereocenters. The molecule has 3 N–H and O–H groups in total. The number of hydrogen-bond donors (Lipinski definition) is 3. The minimum absolute atomic E-state index is 0.179. The fraction of sp³-hybridized carbons (Fsp3) is 0.458. The van der Waals surface area contributed by atoms with E-state index in [0.717, 1.165) is 11.3 Å². The lowest BCUT2D eigenvalue weighted by Crippen LogP contribution is -2.74. The van der Waals surface area contributed by atoms with Gasteiger partial charge in [0.25, 0.3) is 11.8 Å². The first kappa shape index (κ1) is 42.9. The molecule has 0 spiro atoms. The number of aromatic amines is 1. The molecule has 64 heavy (non-hydrogen) atoms. The van der Waals surface area contributed by atoms with Crippen molar-refractivity contribution in [3.8, 4) is 11.8 Å². The molecule has 0 bridgehead atoms. The number of aromatic nitrogens is 1. The molecule has 4 fully saturated rings. The van der Waals surface area contributed by atoms with E-state index >= 15 is 8.78 Å². The molecule has 5 aliphatic rings. The van der Waals surface area contributed by atoms with Gasteiger partial charge in [-0.25, -0.2) is 8.78 Å². The van der Waals surface area contributed by atoms with Crippen molar-refractivity contribution in [2.45, 2.75) is 83.8 Å². The highest BCUT2D eigenvalue weighted by atomic mass is 19.1. The second kappa shape index (κ2) is 16.0. The van der Waals surface area contributed by atoms with Gasteiger partial charge < -0.3 is 29.7 Å². The van der Waals surface area contributed by atoms with E-state index in [1.54, 1.807) is 41.3 Å². The smallest absolute Gasteiger partial charge is 0.255 e. The van der Waals surface area contributed by atoms with Crippen molar-refractivity contribution < 1.29 is 32.7 Å². The number of anilines is 2. The quantitative estimate of drug-likeness (QED) is 0.194. The number of ether oxygens (including phenoxy) is 1. The lowest BCUT2D eigenvalue weighted by Gasteiger charge is -2.63. The number of halogens is 2. The van der Waals surface area contributed by atoms with Gasteiger partial charge in [0.15, 0.2) is 0 Å². The Morgan fingerprint density at radius 2 is 1.64 bits per heavy atom. The average Bonchev–Trinajstić information content (AvgIpc) is 3.59. The number of H-pyrrole nitrogens is 1. The van der Waals surface area contributed by atoms with Gasteiger partial charge >= 0.3 is 0 Å². The summed E-state index contributed by atoms with van der Waals surface area (Å²) in [4.78, 5) is 73.4. The zero-order valence-electron chi connectivity index (χ0n) is 36.4. The lowest BCUT2D eigenvalue weighted by molar-refractivity contribution is -0.163. The number of fused-ring (bicyclic) bond motifs is 2. The highest BCUT2D eigenvalue weighted by Crippen LogP contribution is 2.56. The fourth-order valence-electron chi connectivity index (χ4n) is 11.1. The molecule has 4 amide bonds. The summed E-state index contributed by atoms with van der Waals surface area (Å²) in [6, 6.07) is 17.6. The average molecular weight is 875 g/mol. The van der Waals surface area contributed by atoms with E-state index in [1.165, 1.54) is 12.1 Å². The first-order valence-corrected chi connectivity index (χ1v) is 22.0. The van der Waals surface area contributed by atoms with Crippen LogP contribution < -0.4 is 30.7 Å². The number of piperazine rings is 1. The minimum atomic E-state index is -1.43. The summed E-state index contributed by atoms with van der Waals surface area (Å²) in [5.74, 6) is -1.42. The van der Waals surface area contributed by atoms with Crippen LogP contribution in [0.5, 0.6) is 5.75 Å². The largest absolute Gasteiger partial charge is 0.488 e. The van der Waals surface area contributed by atoms with Crippen molar-refractivity contribution in [2.24, 2.45) is 10.8 Å². The van der Waals surface area contributed by atoms with Crippen LogP contribution in [0, 0.1) is 28.0 Å². The van der Waals surface area contributed by atoms with Crippen LogP contribution in [-0.4, -0.2) is 108 Å². The number of hydrogen-bond acceptors (Lipinski definition) is 10. The highest BCUT2D eigenvalue weighted by Gasteiger charge is 2.64. The number of imide groups is 1. The number of nitrogens with one attached hydrogen (secondary N) is 3. The summed E-state index contributed by atoms with van der Waals surface area (Å²) >= 11 is 0. The summed E-state index contributed by atoms with van der Waals surface area (Å²) in [5, 5.41) is 15.6. The molecule has 4 aromatic rings. The van der Waals surface area contributed by atoms with Crippen LogP contribution in [0.3, 0.4) is 0 Å². The number of rotatable bonds is 9. The van der Waals surface area contributed by atoms with Gasteiger partial charge in [-0.1, -0.05) is 27.7 Å². The summed E-state index contributed by atoms with van der Waals surface area (Å²) in [7, 11) is 0. The third-order valence-corrected chi connectivity index (χ3v) is 14.3. The zero-order chi connectivity index (χ0) is 45.3. The standard InChI is InChI=1S/C48H52F2N8O6/c1-46(2)44(47(3,4)45(46)64-37-12-6-29(25-51)40-33(37)9-13-38(59)52-40)54-41(61)28-5-10-35(34(49)24-28)57-17-15-48(50,16-18-57)27-55-19-21-56(22-20-55)31-7-8-32-30(23-31)26-58(43(32)63)36-11-14-39(60)53-42(36)62/h5-10,12-13,23-24,36,44-45H,11,14-22,26-27H2,1-4H3,(H,52,59)(H,54,61)(H,53,60,62). The number of nitrogens with zero attached hydrogens (tertiary/aromatic N) is 5. The molecule has 4 aliphatic heterocycles. The summed E-state index contributed by atoms with van der Waals surface area (Å²) in [6.07, 6.45) is 0.635. The Morgan fingerprint density at radius 3 is 2.33 bits per heavy atom. The second-order valence-electron chi connectivity index (χ2n) is 19.2. The third kappa shape index (κ3) is 7.63. The van der Waals surface area contributed by atoms with E-state index in [1.807, 2.05) is 44.7 Å². The molecule has 16 heteroatoms. The van der Waals surface area contributed by atoms with E-state index in [0.29, 0.717) is 85.7 Å². The molecule has 3 saturated heterocycles. The predicted octanol–water partition coefficient (Wildman–Crippen LogP) is 5.04. The van der Waals surface area contributed by atoms with Crippen molar-refractivity contribution in [2.75, 3.05) is 55.6 Å². The Balaban J connectivity index is 0.764. The Labute approximate surface area is 369 Å². The van der Waals surface area contributed by atoms with Gasteiger partial charge in [-0.05, 0) is 66.6 Å². The van der Waals surface area contributed by atoms with Gasteiger partial charge in [0.1, 0.15) is 35.5 Å². The Morgan fingerprint density at radius 1 is 0.906 bits per heavy atom. The van der Waals surface area contributed by atoms with Gasteiger partial charge in [0, 0.05) is 117 Å². The fourth-order valence-corrected chi connectivity index (χ4v) is 11.1. The Hall–Kier alpha value is -6.34. The second-order valence-corrected chi connectivity index (χ2v) is 19.2. The molecule has 1 saturated carbocycles. The Bertz CT molecular complexity index is 2660. The topological polar surface area (TPSA) is 171 Å². The molecule has 0 radical (unpaired) electrons. The normalized spacial score (nSPS) is 23.9. The van der Waals surface area contributed by atoms with Crippen LogP contribution in [0.25, 0.3) is 10.9 Å². The molecule has 9 rings (SSSR count). The van der Waals surface area contributed by atoms with Crippen LogP contribution in [0.1, 0.15) is 85.2 Å². The van der Waals surface area contributed by atoms with Crippen molar-refractivity contribution in [3.63, 3.8) is 0 Å². The van der Waals surface area contributed by atoms with Crippen LogP contribution >= 0.6 is 0 Å². The predicted molar refractivity (Wildman–Crippen MR) is 235 cm³/mol. The zero-order valence-corrected chi connectivity index (χ0v) is 36.4. The minimum Gasteiger partial charge on any atom is -0.488 e. The first-order chi connectivity index (χ1) is 30.5. The van der Waals surface area contributed by atoms with E-state index < -0.39 is 40.2 Å². The van der Waals surface area contributed by atoms with Crippen molar-refractivity contribution >= 4 is 45.9 Å². The van der Waals surface area contributed by atoms with E-state index in [-0.39, 0.29) is 60.9 Å². The number of alkyl halides is 1. The maximum atomic E-state index is 16.4. The number of carbonyl (C=O) groups excluding carboxylic acids is 4. The number of amides is 4. The monoisotopic (exact) mass is 874 g/mol. The van der Waals surface area contributed by atoms with Gasteiger partial charge in [-0.15, -0.1) is 0 Å². The van der Waals surface area contributed by atoms with Crippen molar-refractivity contribution in [3.05, 3.63) is 99.1 Å². The van der Waals surface area contributed by atoms with Crippen LogP contribution in [0.2, 0.25) is 0 Å². The SMILES string of the molecule is CC1(C)C(NC(=O)c2ccc(N3CCC(F)(CN4CCN(c5ccc6c(c5)CN(C5CCC(=O)NC5=O)C6=O)CC4)CC3)c(F)c2)C(C)(C)C1Oc1ccc(C#N)c2[nH]c(=O)ccc12. The van der Waals surface area contributed by atoms with Gasteiger partial charge in [0.2, 0.25) is 17.4 Å². The Kier molecular flexibility index (Phi) is 10.8. The van der Waals surface area contributed by atoms with Crippen LogP contribution in [0.15, 0.2) is 65.5 Å². The molecule has 5 heterocycles. The molecular weight excluding hydrogens is 823 g/mol. The molecule has 334 valence electrons. The number of pyridine rings is 1. The van der Waals surface area contributed by atoms with Crippen LogP contribution in [0.4, 0.5) is 20.2 Å². The number of carbonyl (C=O) groups is 4. The molecular formula is C48H52F2N8O6. The van der Waals surface area contributed by atoms with E-state index in [9.17, 15) is 29.2 Å². The lowest BCUT2D eigenvalue weighted by atomic mass is 9.49. The molecule has 3 aromatic carbocycles. The van der Waals surface area contributed by atoms with Crippen molar-refractivity contribution in [1.29, 1.82) is 5.26 Å². The highest BCUT2D eigenvalue weighted by molar-refractivity contribution is 6.05. The maximum Gasteiger partial charge on any atom is 0.255 e. The summed E-state index contributed by atoms with van der Waals surface area (Å²) in [6.45, 7) is 11.9. The van der Waals surface area contributed by atoms with E-state index in [2.05, 4.69) is 31.5 Å². The summed E-state index contributed by atoms with van der Waals surface area (Å²) in [5.41, 5.74) is 0.767. The maximum absolute atomic E-state index is 16.4. The molecule has 1 aromatic heterocycles. The first-order valence-electron chi connectivity index (χ1n) is 22.0. The third-order valence-electron chi connectivity index (χ3n) is 14.3.